The molecule has 2 aliphatic heterocycles. The van der Waals surface area contributed by atoms with Gasteiger partial charge >= 0.3 is 6.09 Å². The van der Waals surface area contributed by atoms with E-state index < -0.39 is 11.7 Å². The van der Waals surface area contributed by atoms with E-state index >= 15 is 0 Å². The van der Waals surface area contributed by atoms with Gasteiger partial charge in [0.15, 0.2) is 0 Å². The number of furan rings is 1. The molecule has 7 nitrogen and oxygen atoms in total. The minimum absolute atomic E-state index is 0.0580. The van der Waals surface area contributed by atoms with E-state index in [0.717, 1.165) is 6.42 Å². The minimum Gasteiger partial charge on any atom is -0.467 e. The smallest absolute Gasteiger partial charge is 0.407 e. The molecule has 3 heterocycles. The van der Waals surface area contributed by atoms with Crippen LogP contribution in [0.3, 0.4) is 0 Å². The predicted molar refractivity (Wildman–Crippen MR) is 118 cm³/mol. The fourth-order valence-electron chi connectivity index (χ4n) is 4.39. The molecule has 1 aromatic heterocycles. The van der Waals surface area contributed by atoms with Gasteiger partial charge in [-0.15, -0.1) is 0 Å². The highest BCUT2D eigenvalue weighted by molar-refractivity contribution is 5.95. The molecule has 1 aromatic carbocycles. The molecule has 1 saturated heterocycles. The molecule has 2 unspecified atom stereocenters. The lowest BCUT2D eigenvalue weighted by Gasteiger charge is -2.25. The van der Waals surface area contributed by atoms with Crippen molar-refractivity contribution in [3.63, 3.8) is 0 Å². The standard InChI is InChI=1S/C24H31N3O4/c1-16-13-17-7-5-6-8-20(17)27(16)15-21-19(10-12-30-21)22(28)26-11-9-18(14-26)25-23(29)31-24(2,3)4/h5-8,10,12,16,18H,9,11,13-15H2,1-4H3,(H,25,29). The number of amides is 2. The quantitative estimate of drug-likeness (QED) is 0.802. The summed E-state index contributed by atoms with van der Waals surface area (Å²) in [5.41, 5.74) is 2.57. The monoisotopic (exact) mass is 425 g/mol. The summed E-state index contributed by atoms with van der Waals surface area (Å²) in [6.07, 6.45) is 2.83. The molecule has 1 fully saturated rings. The lowest BCUT2D eigenvalue weighted by molar-refractivity contribution is 0.0502. The zero-order valence-electron chi connectivity index (χ0n) is 18.7. The Hall–Kier alpha value is -2.96. The van der Waals surface area contributed by atoms with Crippen LogP contribution in [0.15, 0.2) is 41.0 Å². The Bertz CT molecular complexity index is 962. The van der Waals surface area contributed by atoms with Crippen LogP contribution in [0.4, 0.5) is 10.5 Å². The lowest BCUT2D eigenvalue weighted by Crippen LogP contribution is -2.41. The summed E-state index contributed by atoms with van der Waals surface area (Å²) in [5, 5.41) is 2.87. The number of hydrogen-bond acceptors (Lipinski definition) is 5. The number of para-hydroxylation sites is 1. The first-order valence-corrected chi connectivity index (χ1v) is 10.9. The molecule has 166 valence electrons. The molecule has 2 aromatic rings. The first kappa shape index (κ1) is 21.3. The lowest BCUT2D eigenvalue weighted by atomic mass is 10.1. The SMILES string of the molecule is CC1Cc2ccccc2N1Cc1occc1C(=O)N1CCC(NC(=O)OC(C)(C)C)C1. The molecule has 0 spiro atoms. The highest BCUT2D eigenvalue weighted by atomic mass is 16.6. The Kier molecular flexibility index (Phi) is 5.69. The number of nitrogens with one attached hydrogen (secondary N) is 1. The van der Waals surface area contributed by atoms with E-state index in [1.54, 1.807) is 17.2 Å². The Morgan fingerprint density at radius 3 is 2.77 bits per heavy atom. The molecule has 0 aliphatic carbocycles. The molecule has 0 saturated carbocycles. The van der Waals surface area contributed by atoms with Crippen LogP contribution in [-0.4, -0.2) is 47.7 Å². The molecule has 2 amide bonds. The van der Waals surface area contributed by atoms with Crippen molar-refractivity contribution in [3.05, 3.63) is 53.5 Å². The topological polar surface area (TPSA) is 75.0 Å². The Labute approximate surface area is 183 Å². The molecule has 7 heteroatoms. The second-order valence-electron chi connectivity index (χ2n) is 9.45. The van der Waals surface area contributed by atoms with E-state index in [1.807, 2.05) is 26.8 Å². The van der Waals surface area contributed by atoms with Crippen molar-refractivity contribution < 1.29 is 18.7 Å². The van der Waals surface area contributed by atoms with Crippen molar-refractivity contribution in [1.82, 2.24) is 10.2 Å². The van der Waals surface area contributed by atoms with Crippen LogP contribution in [-0.2, 0) is 17.7 Å². The van der Waals surface area contributed by atoms with Crippen molar-refractivity contribution >= 4 is 17.7 Å². The molecular formula is C24H31N3O4. The molecule has 4 rings (SSSR count). The number of rotatable bonds is 4. The van der Waals surface area contributed by atoms with E-state index in [-0.39, 0.29) is 11.9 Å². The van der Waals surface area contributed by atoms with Gasteiger partial charge in [0.25, 0.3) is 5.91 Å². The molecule has 2 atom stereocenters. The summed E-state index contributed by atoms with van der Waals surface area (Å²) in [6.45, 7) is 9.29. The van der Waals surface area contributed by atoms with Crippen molar-refractivity contribution in [3.8, 4) is 0 Å². The second-order valence-corrected chi connectivity index (χ2v) is 9.45. The van der Waals surface area contributed by atoms with E-state index in [9.17, 15) is 9.59 Å². The zero-order chi connectivity index (χ0) is 22.2. The third kappa shape index (κ3) is 4.70. The summed E-state index contributed by atoms with van der Waals surface area (Å²) in [4.78, 5) is 29.3. The number of fused-ring (bicyclic) bond motifs is 1. The van der Waals surface area contributed by atoms with Gasteiger partial charge < -0.3 is 24.3 Å². The summed E-state index contributed by atoms with van der Waals surface area (Å²) in [7, 11) is 0. The average Bonchev–Trinajstić information content (AvgIpc) is 3.40. The zero-order valence-corrected chi connectivity index (χ0v) is 18.7. The van der Waals surface area contributed by atoms with Crippen LogP contribution in [0.1, 0.15) is 55.8 Å². The Morgan fingerprint density at radius 2 is 2.00 bits per heavy atom. The number of ether oxygens (including phenoxy) is 1. The molecular weight excluding hydrogens is 394 g/mol. The van der Waals surface area contributed by atoms with Crippen molar-refractivity contribution in [2.45, 2.75) is 64.8 Å². The normalized spacial score (nSPS) is 20.6. The first-order chi connectivity index (χ1) is 14.7. The van der Waals surface area contributed by atoms with Gasteiger partial charge in [-0.3, -0.25) is 4.79 Å². The number of alkyl carbamates (subject to hydrolysis) is 1. The number of anilines is 1. The number of carbonyl (C=O) groups is 2. The van der Waals surface area contributed by atoms with Crippen LogP contribution >= 0.6 is 0 Å². The first-order valence-electron chi connectivity index (χ1n) is 10.9. The number of hydrogen-bond donors (Lipinski definition) is 1. The van der Waals surface area contributed by atoms with Crippen molar-refractivity contribution in [2.24, 2.45) is 0 Å². The molecule has 2 aliphatic rings. The van der Waals surface area contributed by atoms with E-state index in [4.69, 9.17) is 9.15 Å². The fraction of sp³-hybridized carbons (Fsp3) is 0.500. The summed E-state index contributed by atoms with van der Waals surface area (Å²) in [6, 6.07) is 10.4. The van der Waals surface area contributed by atoms with Gasteiger partial charge in [-0.25, -0.2) is 4.79 Å². The highest BCUT2D eigenvalue weighted by Crippen LogP contribution is 2.34. The minimum atomic E-state index is -0.546. The predicted octanol–water partition coefficient (Wildman–Crippen LogP) is 3.97. The van der Waals surface area contributed by atoms with Crippen molar-refractivity contribution in [1.29, 1.82) is 0 Å². The number of likely N-dealkylation sites (tertiary alicyclic amines) is 1. The molecule has 31 heavy (non-hydrogen) atoms. The summed E-state index contributed by atoms with van der Waals surface area (Å²) >= 11 is 0. The van der Waals surface area contributed by atoms with Crippen LogP contribution in [0.5, 0.6) is 0 Å². The van der Waals surface area contributed by atoms with Gasteiger partial charge in [0.1, 0.15) is 11.4 Å². The molecule has 0 bridgehead atoms. The largest absolute Gasteiger partial charge is 0.467 e. The van der Waals surface area contributed by atoms with Crippen LogP contribution in [0.2, 0.25) is 0 Å². The highest BCUT2D eigenvalue weighted by Gasteiger charge is 2.32. The van der Waals surface area contributed by atoms with Gasteiger partial charge in [0.2, 0.25) is 0 Å². The molecule has 0 radical (unpaired) electrons. The van der Waals surface area contributed by atoms with Crippen LogP contribution in [0, 0.1) is 0 Å². The maximum absolute atomic E-state index is 13.2. The maximum atomic E-state index is 13.2. The number of carbonyl (C=O) groups excluding carboxylic acids is 2. The third-order valence-electron chi connectivity index (χ3n) is 5.83. The van der Waals surface area contributed by atoms with Gasteiger partial charge in [-0.1, -0.05) is 18.2 Å². The van der Waals surface area contributed by atoms with E-state index in [0.29, 0.717) is 43.4 Å². The van der Waals surface area contributed by atoms with Gasteiger partial charge in [0, 0.05) is 24.8 Å². The van der Waals surface area contributed by atoms with Gasteiger partial charge in [0.05, 0.1) is 24.4 Å². The number of nitrogens with zero attached hydrogens (tertiary/aromatic N) is 2. The Balaban J connectivity index is 1.40. The average molecular weight is 426 g/mol. The summed E-state index contributed by atoms with van der Waals surface area (Å²) < 4.78 is 11.1. The summed E-state index contributed by atoms with van der Waals surface area (Å²) in [5.74, 6) is 0.620. The Morgan fingerprint density at radius 1 is 1.23 bits per heavy atom. The van der Waals surface area contributed by atoms with Gasteiger partial charge in [-0.05, 0) is 58.2 Å². The number of benzene rings is 1. The van der Waals surface area contributed by atoms with Crippen molar-refractivity contribution in [2.75, 3.05) is 18.0 Å². The molecule has 1 N–H and O–H groups in total. The van der Waals surface area contributed by atoms with E-state index in [1.165, 1.54) is 11.3 Å². The second kappa shape index (κ2) is 8.29. The maximum Gasteiger partial charge on any atom is 0.407 e. The van der Waals surface area contributed by atoms with Crippen LogP contribution in [0.25, 0.3) is 0 Å². The fourth-order valence-corrected chi connectivity index (χ4v) is 4.39. The third-order valence-corrected chi connectivity index (χ3v) is 5.83. The van der Waals surface area contributed by atoms with E-state index in [2.05, 4.69) is 35.3 Å². The van der Waals surface area contributed by atoms with Gasteiger partial charge in [-0.2, -0.15) is 0 Å². The van der Waals surface area contributed by atoms with Crippen LogP contribution < -0.4 is 10.2 Å².